The van der Waals surface area contributed by atoms with E-state index in [-0.39, 0.29) is 0 Å². The summed E-state index contributed by atoms with van der Waals surface area (Å²) in [5.74, 6) is 3.98. The van der Waals surface area contributed by atoms with Gasteiger partial charge in [0.05, 0.1) is 0 Å². The van der Waals surface area contributed by atoms with Crippen molar-refractivity contribution >= 4 is 0 Å². The standard InChI is InChI=1S/C13H18/c1-2-4-11(5-3-1)13-9-10-6-7-12(13)8-10/h1-2,6-7,10-13H,3-5,8-9H2/t10-,11?,12+,13-/m1/s1. The molecule has 0 spiro atoms. The molecule has 0 aliphatic heterocycles. The molecule has 4 atom stereocenters. The molecule has 0 aromatic heterocycles. The summed E-state index contributed by atoms with van der Waals surface area (Å²) in [6, 6.07) is 0. The fourth-order valence-electron chi connectivity index (χ4n) is 3.57. The molecule has 0 nitrogen and oxygen atoms in total. The third-order valence-electron chi connectivity index (χ3n) is 4.25. The zero-order valence-corrected chi connectivity index (χ0v) is 8.15. The van der Waals surface area contributed by atoms with Crippen LogP contribution in [0.3, 0.4) is 0 Å². The minimum Gasteiger partial charge on any atom is -0.0885 e. The van der Waals surface area contributed by atoms with Crippen molar-refractivity contribution in [1.82, 2.24) is 0 Å². The third kappa shape index (κ3) is 1.27. The fourth-order valence-corrected chi connectivity index (χ4v) is 3.57. The molecule has 0 amide bonds. The number of hydrogen-bond acceptors (Lipinski definition) is 0. The van der Waals surface area contributed by atoms with Gasteiger partial charge in [-0.2, -0.15) is 0 Å². The number of allylic oxidation sites excluding steroid dienone is 4. The second-order valence-corrected chi connectivity index (χ2v) is 4.99. The Bertz CT molecular complexity index is 249. The first kappa shape index (κ1) is 7.84. The van der Waals surface area contributed by atoms with Gasteiger partial charge in [0.1, 0.15) is 0 Å². The van der Waals surface area contributed by atoms with Gasteiger partial charge >= 0.3 is 0 Å². The molecule has 0 radical (unpaired) electrons. The van der Waals surface area contributed by atoms with Crippen molar-refractivity contribution in [3.63, 3.8) is 0 Å². The van der Waals surface area contributed by atoms with Gasteiger partial charge in [0.15, 0.2) is 0 Å². The van der Waals surface area contributed by atoms with Gasteiger partial charge in [-0.1, -0.05) is 24.3 Å². The van der Waals surface area contributed by atoms with Crippen molar-refractivity contribution in [3.8, 4) is 0 Å². The van der Waals surface area contributed by atoms with Crippen LogP contribution in [0, 0.1) is 23.7 Å². The number of rotatable bonds is 1. The second-order valence-electron chi connectivity index (χ2n) is 4.99. The maximum atomic E-state index is 2.50. The lowest BCUT2D eigenvalue weighted by Crippen LogP contribution is -2.19. The largest absolute Gasteiger partial charge is 0.0885 e. The molecule has 3 aliphatic rings. The molecule has 0 aromatic carbocycles. The quantitative estimate of drug-likeness (QED) is 0.533. The molecule has 0 N–H and O–H groups in total. The van der Waals surface area contributed by atoms with Crippen molar-refractivity contribution < 1.29 is 0 Å². The predicted octanol–water partition coefficient (Wildman–Crippen LogP) is 3.55. The Balaban J connectivity index is 1.72. The van der Waals surface area contributed by atoms with Gasteiger partial charge in [0, 0.05) is 0 Å². The summed E-state index contributed by atoms with van der Waals surface area (Å²) in [7, 11) is 0. The topological polar surface area (TPSA) is 0 Å². The van der Waals surface area contributed by atoms with E-state index in [1.54, 1.807) is 0 Å². The predicted molar refractivity (Wildman–Crippen MR) is 55.3 cm³/mol. The van der Waals surface area contributed by atoms with Crippen LogP contribution >= 0.6 is 0 Å². The molecule has 1 fully saturated rings. The highest BCUT2D eigenvalue weighted by atomic mass is 14.4. The second kappa shape index (κ2) is 3.01. The van der Waals surface area contributed by atoms with E-state index in [1.807, 2.05) is 0 Å². The van der Waals surface area contributed by atoms with Gasteiger partial charge < -0.3 is 0 Å². The highest BCUT2D eigenvalue weighted by Crippen LogP contribution is 2.49. The summed E-state index contributed by atoms with van der Waals surface area (Å²) < 4.78 is 0. The first-order chi connectivity index (χ1) is 6.43. The fraction of sp³-hybridized carbons (Fsp3) is 0.692. The van der Waals surface area contributed by atoms with Crippen LogP contribution < -0.4 is 0 Å². The average molecular weight is 174 g/mol. The van der Waals surface area contributed by atoms with Gasteiger partial charge in [-0.25, -0.2) is 0 Å². The van der Waals surface area contributed by atoms with Crippen LogP contribution in [0.5, 0.6) is 0 Å². The molecule has 1 saturated carbocycles. The summed E-state index contributed by atoms with van der Waals surface area (Å²) in [5, 5.41) is 0. The van der Waals surface area contributed by atoms with E-state index in [0.717, 1.165) is 23.7 Å². The molecule has 3 rings (SSSR count). The zero-order chi connectivity index (χ0) is 8.67. The molecule has 2 bridgehead atoms. The smallest absolute Gasteiger partial charge is 0.0196 e. The van der Waals surface area contributed by atoms with Gasteiger partial charge in [-0.15, -0.1) is 0 Å². The molecule has 1 unspecified atom stereocenters. The molecule has 0 saturated heterocycles. The Morgan fingerprint density at radius 2 is 2.00 bits per heavy atom. The van der Waals surface area contributed by atoms with Crippen LogP contribution in [0.25, 0.3) is 0 Å². The van der Waals surface area contributed by atoms with Crippen molar-refractivity contribution in [2.45, 2.75) is 32.1 Å². The molecule has 13 heavy (non-hydrogen) atoms. The Morgan fingerprint density at radius 3 is 2.62 bits per heavy atom. The van der Waals surface area contributed by atoms with Crippen LogP contribution in [0.15, 0.2) is 24.3 Å². The first-order valence-corrected chi connectivity index (χ1v) is 5.77. The van der Waals surface area contributed by atoms with E-state index in [0.29, 0.717) is 0 Å². The lowest BCUT2D eigenvalue weighted by Gasteiger charge is -2.29. The maximum Gasteiger partial charge on any atom is -0.0196 e. The van der Waals surface area contributed by atoms with Crippen molar-refractivity contribution in [2.24, 2.45) is 23.7 Å². The highest BCUT2D eigenvalue weighted by Gasteiger charge is 2.39. The summed E-state index contributed by atoms with van der Waals surface area (Å²) >= 11 is 0. The summed E-state index contributed by atoms with van der Waals surface area (Å²) in [4.78, 5) is 0. The third-order valence-corrected chi connectivity index (χ3v) is 4.25. The van der Waals surface area contributed by atoms with Crippen LogP contribution in [0.1, 0.15) is 32.1 Å². The highest BCUT2D eigenvalue weighted by molar-refractivity contribution is 5.12. The number of fused-ring (bicyclic) bond motifs is 2. The van der Waals surface area contributed by atoms with E-state index in [1.165, 1.54) is 32.1 Å². The van der Waals surface area contributed by atoms with Crippen molar-refractivity contribution in [3.05, 3.63) is 24.3 Å². The van der Waals surface area contributed by atoms with E-state index in [4.69, 9.17) is 0 Å². The van der Waals surface area contributed by atoms with Gasteiger partial charge in [-0.05, 0) is 55.8 Å². The maximum absolute atomic E-state index is 2.50. The molecular formula is C13H18. The first-order valence-electron chi connectivity index (χ1n) is 5.77. The Kier molecular flexibility index (Phi) is 1.81. The summed E-state index contributed by atoms with van der Waals surface area (Å²) in [5.41, 5.74) is 0. The van der Waals surface area contributed by atoms with Gasteiger partial charge in [-0.3, -0.25) is 0 Å². The van der Waals surface area contributed by atoms with Crippen LogP contribution in [-0.2, 0) is 0 Å². The Labute approximate surface area is 80.7 Å². The van der Waals surface area contributed by atoms with E-state index in [9.17, 15) is 0 Å². The molecule has 3 aliphatic carbocycles. The summed E-state index contributed by atoms with van der Waals surface area (Å²) in [6.07, 6.45) is 16.9. The van der Waals surface area contributed by atoms with E-state index in [2.05, 4.69) is 24.3 Å². The molecule has 0 heteroatoms. The van der Waals surface area contributed by atoms with Crippen LogP contribution in [-0.4, -0.2) is 0 Å². The lowest BCUT2D eigenvalue weighted by molar-refractivity contribution is 0.268. The molecule has 0 aromatic rings. The monoisotopic (exact) mass is 174 g/mol. The molecule has 0 heterocycles. The lowest BCUT2D eigenvalue weighted by atomic mass is 9.76. The average Bonchev–Trinajstić information content (AvgIpc) is 2.80. The van der Waals surface area contributed by atoms with Crippen LogP contribution in [0.2, 0.25) is 0 Å². The number of hydrogen-bond donors (Lipinski definition) is 0. The van der Waals surface area contributed by atoms with Gasteiger partial charge in [0.2, 0.25) is 0 Å². The van der Waals surface area contributed by atoms with Crippen molar-refractivity contribution in [2.75, 3.05) is 0 Å². The van der Waals surface area contributed by atoms with Crippen molar-refractivity contribution in [1.29, 1.82) is 0 Å². The minimum absolute atomic E-state index is 0.959. The van der Waals surface area contributed by atoms with E-state index < -0.39 is 0 Å². The van der Waals surface area contributed by atoms with Gasteiger partial charge in [0.25, 0.3) is 0 Å². The van der Waals surface area contributed by atoms with Crippen LogP contribution in [0.4, 0.5) is 0 Å². The van der Waals surface area contributed by atoms with E-state index >= 15 is 0 Å². The summed E-state index contributed by atoms with van der Waals surface area (Å²) in [6.45, 7) is 0. The molecule has 70 valence electrons. The molecular weight excluding hydrogens is 156 g/mol. The minimum atomic E-state index is 0.959. The Hall–Kier alpha value is -0.520. The Morgan fingerprint density at radius 1 is 1.00 bits per heavy atom. The zero-order valence-electron chi connectivity index (χ0n) is 8.15. The SMILES string of the molecule is C1=CCC([C@H]2C[C@@H]3C=C[C@H]2C3)CC1. The normalized spacial score (nSPS) is 47.4.